The summed E-state index contributed by atoms with van der Waals surface area (Å²) >= 11 is 0. The van der Waals surface area contributed by atoms with Crippen molar-refractivity contribution in [2.45, 2.75) is 136 Å². The van der Waals surface area contributed by atoms with Gasteiger partial charge in [-0.3, -0.25) is 28.8 Å². The summed E-state index contributed by atoms with van der Waals surface area (Å²) in [6.45, 7) is 7.28. The minimum Gasteiger partial charge on any atom is -0.493 e. The van der Waals surface area contributed by atoms with Gasteiger partial charge in [-0.05, 0) is 159 Å². The number of nitrogens with one attached hydrogen (secondary N) is 2. The minimum absolute atomic E-state index is 0.00645. The van der Waals surface area contributed by atoms with Gasteiger partial charge in [0.05, 0.1) is 13.2 Å². The number of unbranched alkanes of at least 4 members (excludes halogenated alkanes) is 1. The second-order valence-corrected chi connectivity index (χ2v) is 19.9. The molecular weight excluding hydrogens is 909 g/mol. The lowest BCUT2D eigenvalue weighted by molar-refractivity contribution is -0.129. The Labute approximate surface area is 421 Å². The Kier molecular flexibility index (Phi) is 14.9. The van der Waals surface area contributed by atoms with Crippen LogP contribution in [0.2, 0.25) is 0 Å². The van der Waals surface area contributed by atoms with Crippen molar-refractivity contribution in [1.82, 2.24) is 5.32 Å². The number of nitrogens with zero attached hydrogens (tertiary/aromatic N) is 2. The van der Waals surface area contributed by atoms with Crippen LogP contribution >= 0.6 is 0 Å². The number of fused-ring (bicyclic) bond motifs is 8. The molecule has 0 saturated carbocycles. The summed E-state index contributed by atoms with van der Waals surface area (Å²) in [6.07, 6.45) is 6.91. The molecular formula is C59H64N4O9. The van der Waals surface area contributed by atoms with Crippen LogP contribution < -0.4 is 34.6 Å². The first-order valence-electron chi connectivity index (χ1n) is 25.5. The van der Waals surface area contributed by atoms with E-state index in [1.54, 1.807) is 27.0 Å². The fraction of sp³-hybridized carbons (Fsp3) is 0.390. The molecule has 5 aromatic carbocycles. The summed E-state index contributed by atoms with van der Waals surface area (Å²) < 4.78 is 18.9. The maximum Gasteiger partial charge on any atom is 0.258 e. The van der Waals surface area contributed by atoms with Crippen molar-refractivity contribution in [1.29, 1.82) is 0 Å². The molecule has 72 heavy (non-hydrogen) atoms. The molecule has 4 aliphatic heterocycles. The summed E-state index contributed by atoms with van der Waals surface area (Å²) in [5.74, 6) is 0.0456. The molecule has 0 aliphatic carbocycles. The zero-order valence-electron chi connectivity index (χ0n) is 41.9. The fourth-order valence-electron chi connectivity index (χ4n) is 10.7. The third-order valence-corrected chi connectivity index (χ3v) is 14.8. The van der Waals surface area contributed by atoms with E-state index in [0.717, 1.165) is 71.3 Å². The van der Waals surface area contributed by atoms with Gasteiger partial charge in [0.25, 0.3) is 11.8 Å². The van der Waals surface area contributed by atoms with Crippen LogP contribution in [0, 0.1) is 12.8 Å². The Hall–Kier alpha value is -7.28. The molecule has 13 nitrogen and oxygen atoms in total. The second-order valence-electron chi connectivity index (χ2n) is 19.9. The van der Waals surface area contributed by atoms with Gasteiger partial charge in [-0.15, -0.1) is 0 Å². The van der Waals surface area contributed by atoms with Gasteiger partial charge >= 0.3 is 0 Å². The van der Waals surface area contributed by atoms with Gasteiger partial charge < -0.3 is 34.6 Å². The number of Topliss-reactive ketones (excluding diaryl/α,β-unsaturated/α-hetero) is 2. The zero-order chi connectivity index (χ0) is 50.6. The molecule has 4 aliphatic rings. The predicted molar refractivity (Wildman–Crippen MR) is 276 cm³/mol. The van der Waals surface area contributed by atoms with E-state index in [1.165, 1.54) is 11.1 Å². The first kappa shape index (κ1) is 49.7. The number of benzene rings is 5. The summed E-state index contributed by atoms with van der Waals surface area (Å²) in [4.78, 5) is 83.4. The smallest absolute Gasteiger partial charge is 0.258 e. The number of carbonyl (C=O) groups is 6. The molecule has 4 atom stereocenters. The molecule has 9 rings (SSSR count). The maximum absolute atomic E-state index is 14.1. The highest BCUT2D eigenvalue weighted by molar-refractivity contribution is 6.10. The van der Waals surface area contributed by atoms with E-state index in [1.807, 2.05) is 96.4 Å². The number of carbonyl (C=O) groups excluding carboxylic acids is 6. The van der Waals surface area contributed by atoms with E-state index >= 15 is 0 Å². The van der Waals surface area contributed by atoms with Crippen LogP contribution in [0.5, 0.6) is 17.2 Å². The van der Waals surface area contributed by atoms with E-state index in [0.29, 0.717) is 66.2 Å². The van der Waals surface area contributed by atoms with Crippen molar-refractivity contribution in [3.63, 3.8) is 0 Å². The highest BCUT2D eigenvalue weighted by Crippen LogP contribution is 2.42. The van der Waals surface area contributed by atoms with Gasteiger partial charge in [0, 0.05) is 71.9 Å². The minimum atomic E-state index is -0.783. The van der Waals surface area contributed by atoms with Crippen LogP contribution in [0.3, 0.4) is 0 Å². The Balaban J connectivity index is 0.918. The molecule has 0 fully saturated rings. The Morgan fingerprint density at radius 1 is 0.681 bits per heavy atom. The molecule has 0 radical (unpaired) electrons. The largest absolute Gasteiger partial charge is 0.493 e. The highest BCUT2D eigenvalue weighted by atomic mass is 16.5. The maximum atomic E-state index is 14.1. The van der Waals surface area contributed by atoms with Crippen LogP contribution in [0.15, 0.2) is 91.0 Å². The van der Waals surface area contributed by atoms with Crippen molar-refractivity contribution in [3.05, 3.63) is 141 Å². The lowest BCUT2D eigenvalue weighted by Crippen LogP contribution is -2.39. The highest BCUT2D eigenvalue weighted by Gasteiger charge is 2.39. The standard InChI is InChI=1S/C59H64N4O9/c1-6-47(64)15-9-12-18-56(66)60-37(4)52(65)24-36(3)57(67)61-44-26-38(33-71-53-30-40-19-21-45-28-42-13-7-10-16-50(42)62(45)58(68)48(40)23-35(53)2)25-39(27-44)34-72-55-31-41-20-22-46-29-43-14-8-11-17-51(43)63(46)59(69)49(41)32-54(55)70-5/h7-8,10-11,13-14,16-17,23,25-27,30-32,36-37,45-46H,6,9,12,15,18-22,24,28-29,33-34H2,1-5H3,(H,60,66)(H,61,67)/t36-,37+,45-,46-/m1/s1. The summed E-state index contributed by atoms with van der Waals surface area (Å²) in [6, 6.07) is 28.8. The molecule has 5 aromatic rings. The van der Waals surface area contributed by atoms with E-state index in [4.69, 9.17) is 14.2 Å². The lowest BCUT2D eigenvalue weighted by Gasteiger charge is -2.23. The van der Waals surface area contributed by atoms with Crippen molar-refractivity contribution in [2.24, 2.45) is 5.92 Å². The third kappa shape index (κ3) is 10.7. The lowest BCUT2D eigenvalue weighted by atomic mass is 9.98. The molecule has 0 aromatic heterocycles. The first-order valence-corrected chi connectivity index (χ1v) is 25.5. The van der Waals surface area contributed by atoms with Crippen molar-refractivity contribution < 1.29 is 43.0 Å². The number of amides is 4. The molecule has 4 amide bonds. The van der Waals surface area contributed by atoms with E-state index in [9.17, 15) is 28.8 Å². The molecule has 4 heterocycles. The number of aryl methyl sites for hydroxylation is 3. The average molecular weight is 973 g/mol. The number of hydrogen-bond acceptors (Lipinski definition) is 9. The summed E-state index contributed by atoms with van der Waals surface area (Å²) in [7, 11) is 1.55. The topological polar surface area (TPSA) is 161 Å². The van der Waals surface area contributed by atoms with Crippen molar-refractivity contribution in [2.75, 3.05) is 22.2 Å². The Morgan fingerprint density at radius 3 is 1.83 bits per heavy atom. The number of rotatable bonds is 19. The average Bonchev–Trinajstić information content (AvgIpc) is 3.87. The molecule has 13 heteroatoms. The molecule has 2 N–H and O–H groups in total. The third-order valence-electron chi connectivity index (χ3n) is 14.8. The van der Waals surface area contributed by atoms with Gasteiger partial charge in [-0.25, -0.2) is 0 Å². The zero-order valence-corrected chi connectivity index (χ0v) is 41.9. The van der Waals surface area contributed by atoms with Crippen LogP contribution in [0.25, 0.3) is 0 Å². The van der Waals surface area contributed by atoms with Gasteiger partial charge in [-0.1, -0.05) is 50.2 Å². The van der Waals surface area contributed by atoms with E-state index < -0.39 is 12.0 Å². The second kappa shape index (κ2) is 21.6. The van der Waals surface area contributed by atoms with Crippen LogP contribution in [0.1, 0.15) is 132 Å². The number of anilines is 3. The van der Waals surface area contributed by atoms with Gasteiger partial charge in [0.2, 0.25) is 11.8 Å². The molecule has 0 unspecified atom stereocenters. The summed E-state index contributed by atoms with van der Waals surface area (Å²) in [5.41, 5.74) is 10.2. The van der Waals surface area contributed by atoms with Crippen LogP contribution in [-0.2, 0) is 58.1 Å². The number of ketones is 2. The van der Waals surface area contributed by atoms with Crippen LogP contribution in [-0.4, -0.2) is 60.4 Å². The molecule has 0 bridgehead atoms. The molecule has 0 saturated heterocycles. The number of ether oxygens (including phenoxy) is 3. The normalized spacial score (nSPS) is 17.2. The van der Waals surface area contributed by atoms with Gasteiger partial charge in [0.15, 0.2) is 17.3 Å². The number of methoxy groups -OCH3 is 1. The van der Waals surface area contributed by atoms with Gasteiger partial charge in [-0.2, -0.15) is 0 Å². The van der Waals surface area contributed by atoms with Gasteiger partial charge in [0.1, 0.15) is 24.7 Å². The fourth-order valence-corrected chi connectivity index (χ4v) is 10.7. The van der Waals surface area contributed by atoms with Crippen molar-refractivity contribution in [3.8, 4) is 17.2 Å². The Morgan fingerprint density at radius 2 is 1.24 bits per heavy atom. The molecule has 374 valence electrons. The Bertz CT molecular complexity index is 2950. The monoisotopic (exact) mass is 972 g/mol. The first-order chi connectivity index (χ1) is 34.8. The SMILES string of the molecule is CCC(=O)CCCCC(=O)N[C@@H](C)C(=O)C[C@@H](C)C(=O)Nc1cc(COc2cc3c(cc2C)C(=O)N2c4ccccc4C[C@H]2CC3)cc(COc2cc3c(cc2OC)C(=O)N2c4ccccc4C[C@H]2CC3)c1. The number of hydrogen-bond donors (Lipinski definition) is 2. The quantitative estimate of drug-likeness (QED) is 0.0768. The van der Waals surface area contributed by atoms with Crippen molar-refractivity contribution >= 4 is 52.3 Å². The predicted octanol–water partition coefficient (Wildman–Crippen LogP) is 9.78. The van der Waals surface area contributed by atoms with E-state index in [-0.39, 0.29) is 73.3 Å². The van der Waals surface area contributed by atoms with E-state index in [2.05, 4.69) is 22.8 Å². The van der Waals surface area contributed by atoms with Crippen LogP contribution in [0.4, 0.5) is 17.1 Å². The molecule has 0 spiro atoms. The summed E-state index contributed by atoms with van der Waals surface area (Å²) in [5, 5.41) is 5.77. The number of para-hydroxylation sites is 2.